The highest BCUT2D eigenvalue weighted by atomic mass is 15.0. The molecule has 1 atom stereocenters. The predicted octanol–water partition coefficient (Wildman–Crippen LogP) is 12.9. The van der Waals surface area contributed by atoms with E-state index in [0.29, 0.717) is 0 Å². The molecule has 2 nitrogen and oxygen atoms in total. The summed E-state index contributed by atoms with van der Waals surface area (Å²) in [5.41, 5.74) is 16.7. The SMILES string of the molecule is C=C1/C=C\C=C/Cc2ccccc2C12c1ccccc1-c1ccc(-c3ccc(-n4c5ccccc5c5ccc6c(ccn6-c6ccccc6)c54)cc3)cc12. The number of aromatic nitrogens is 2. The second-order valence-electron chi connectivity index (χ2n) is 14.5. The van der Waals surface area contributed by atoms with Gasteiger partial charge in [-0.25, -0.2) is 0 Å². The van der Waals surface area contributed by atoms with Crippen LogP contribution >= 0.6 is 0 Å². The van der Waals surface area contributed by atoms with Gasteiger partial charge in [0.05, 0.1) is 22.0 Å². The summed E-state index contributed by atoms with van der Waals surface area (Å²) in [6.07, 6.45) is 11.8. The number of rotatable bonds is 3. The van der Waals surface area contributed by atoms with Crippen molar-refractivity contribution >= 4 is 32.7 Å². The van der Waals surface area contributed by atoms with Crippen molar-refractivity contribution in [1.29, 1.82) is 0 Å². The molecular weight excluding hydrogens is 653 g/mol. The second kappa shape index (κ2) is 11.8. The maximum absolute atomic E-state index is 4.80. The van der Waals surface area contributed by atoms with Crippen LogP contribution in [0.4, 0.5) is 0 Å². The standard InChI is InChI=1S/C52H36N2/c1-35-14-4-2-5-15-37-16-8-11-21-46(37)52(35)47-22-12-9-19-41(47)42-29-26-38(34-48(42)52)36-24-27-40(28-25-36)54-50-23-13-10-20-43(50)44-30-31-49-45(51(44)54)32-33-53(49)39-17-6-3-7-18-39/h2-14,16-34H,1,15H2/b5-2-,14-4-. The molecule has 0 fully saturated rings. The summed E-state index contributed by atoms with van der Waals surface area (Å²) in [6, 6.07) is 60.3. The smallest absolute Gasteiger partial charge is 0.0710 e. The van der Waals surface area contributed by atoms with Crippen LogP contribution in [0.2, 0.25) is 0 Å². The Hall–Kier alpha value is -6.90. The Morgan fingerprint density at radius 1 is 0.500 bits per heavy atom. The van der Waals surface area contributed by atoms with E-state index < -0.39 is 5.41 Å². The first kappa shape index (κ1) is 30.7. The first-order chi connectivity index (χ1) is 26.7. The Morgan fingerprint density at radius 2 is 1.24 bits per heavy atom. The van der Waals surface area contributed by atoms with Crippen molar-refractivity contribution in [3.05, 3.63) is 229 Å². The number of benzene rings is 7. The Kier molecular flexibility index (Phi) is 6.72. The van der Waals surface area contributed by atoms with Crippen LogP contribution in [0.15, 0.2) is 206 Å². The third-order valence-electron chi connectivity index (χ3n) is 11.8. The topological polar surface area (TPSA) is 9.86 Å². The van der Waals surface area contributed by atoms with Crippen LogP contribution in [0.3, 0.4) is 0 Å². The summed E-state index contributed by atoms with van der Waals surface area (Å²) >= 11 is 0. The minimum Gasteiger partial charge on any atom is -0.316 e. The van der Waals surface area contributed by atoms with E-state index in [1.54, 1.807) is 0 Å². The van der Waals surface area contributed by atoms with E-state index in [-0.39, 0.29) is 0 Å². The van der Waals surface area contributed by atoms with Crippen molar-refractivity contribution in [3.63, 3.8) is 0 Å². The van der Waals surface area contributed by atoms with Gasteiger partial charge in [0, 0.05) is 33.7 Å². The van der Waals surface area contributed by atoms with Crippen LogP contribution in [-0.4, -0.2) is 9.13 Å². The molecular formula is C52H36N2. The third kappa shape index (κ3) is 4.28. The molecule has 0 saturated carbocycles. The fourth-order valence-corrected chi connectivity index (χ4v) is 9.46. The summed E-state index contributed by atoms with van der Waals surface area (Å²) in [6.45, 7) is 4.80. The van der Waals surface area contributed by atoms with Gasteiger partial charge in [-0.1, -0.05) is 146 Å². The fraction of sp³-hybridized carbons (Fsp3) is 0.0385. The largest absolute Gasteiger partial charge is 0.316 e. The summed E-state index contributed by atoms with van der Waals surface area (Å²) in [5, 5.41) is 3.75. The number of allylic oxidation sites excluding steroid dienone is 5. The quantitative estimate of drug-likeness (QED) is 0.175. The minimum atomic E-state index is -0.495. The number of nitrogens with zero attached hydrogens (tertiary/aromatic N) is 2. The van der Waals surface area contributed by atoms with E-state index >= 15 is 0 Å². The van der Waals surface area contributed by atoms with Crippen LogP contribution in [0.1, 0.15) is 22.3 Å². The lowest BCUT2D eigenvalue weighted by molar-refractivity contribution is 0.760. The highest BCUT2D eigenvalue weighted by Crippen LogP contribution is 2.57. The summed E-state index contributed by atoms with van der Waals surface area (Å²) < 4.78 is 4.73. The van der Waals surface area contributed by atoms with Crippen molar-refractivity contribution < 1.29 is 0 Å². The minimum absolute atomic E-state index is 0.495. The van der Waals surface area contributed by atoms with Crippen LogP contribution in [0.25, 0.3) is 66.3 Å². The van der Waals surface area contributed by atoms with Crippen molar-refractivity contribution in [2.75, 3.05) is 0 Å². The van der Waals surface area contributed by atoms with Crippen molar-refractivity contribution in [3.8, 4) is 33.6 Å². The van der Waals surface area contributed by atoms with E-state index in [1.807, 2.05) is 0 Å². The van der Waals surface area contributed by atoms with Gasteiger partial charge in [0.1, 0.15) is 0 Å². The Bertz CT molecular complexity index is 3020. The molecule has 54 heavy (non-hydrogen) atoms. The van der Waals surface area contributed by atoms with Gasteiger partial charge < -0.3 is 9.13 Å². The molecule has 254 valence electrons. The highest BCUT2D eigenvalue weighted by molar-refractivity contribution is 6.18. The molecule has 7 aromatic carbocycles. The Labute approximate surface area is 314 Å². The zero-order valence-electron chi connectivity index (χ0n) is 29.8. The Balaban J connectivity index is 1.08. The monoisotopic (exact) mass is 688 g/mol. The maximum atomic E-state index is 4.80. The zero-order valence-corrected chi connectivity index (χ0v) is 29.8. The molecule has 2 aliphatic carbocycles. The predicted molar refractivity (Wildman–Crippen MR) is 226 cm³/mol. The summed E-state index contributed by atoms with van der Waals surface area (Å²) in [7, 11) is 0. The molecule has 0 N–H and O–H groups in total. The van der Waals surface area contributed by atoms with Crippen molar-refractivity contribution in [2.24, 2.45) is 0 Å². The lowest BCUT2D eigenvalue weighted by Crippen LogP contribution is -2.30. The van der Waals surface area contributed by atoms with Gasteiger partial charge in [0.25, 0.3) is 0 Å². The van der Waals surface area contributed by atoms with Crippen LogP contribution in [0.5, 0.6) is 0 Å². The van der Waals surface area contributed by atoms with E-state index in [0.717, 1.165) is 23.4 Å². The van der Waals surface area contributed by atoms with Crippen molar-refractivity contribution in [2.45, 2.75) is 11.8 Å². The second-order valence-corrected chi connectivity index (χ2v) is 14.5. The lowest BCUT2D eigenvalue weighted by atomic mass is 9.66. The van der Waals surface area contributed by atoms with Crippen LogP contribution in [0, 0.1) is 0 Å². The van der Waals surface area contributed by atoms with Crippen LogP contribution < -0.4 is 0 Å². The van der Waals surface area contributed by atoms with E-state index in [1.165, 1.54) is 77.2 Å². The molecule has 1 spiro atoms. The molecule has 0 amide bonds. The number of hydrogen-bond acceptors (Lipinski definition) is 0. The average Bonchev–Trinajstić information content (AvgIpc) is 3.91. The first-order valence-corrected chi connectivity index (χ1v) is 18.8. The number of para-hydroxylation sites is 2. The highest BCUT2D eigenvalue weighted by Gasteiger charge is 2.47. The summed E-state index contributed by atoms with van der Waals surface area (Å²) in [5.74, 6) is 0. The fourth-order valence-electron chi connectivity index (χ4n) is 9.46. The lowest BCUT2D eigenvalue weighted by Gasteiger charge is -2.35. The van der Waals surface area contributed by atoms with Crippen molar-refractivity contribution in [1.82, 2.24) is 9.13 Å². The average molecular weight is 689 g/mol. The van der Waals surface area contributed by atoms with Crippen LogP contribution in [-0.2, 0) is 11.8 Å². The molecule has 11 rings (SSSR count). The molecule has 0 bridgehead atoms. The van der Waals surface area contributed by atoms with Gasteiger partial charge in [-0.05, 0) is 105 Å². The molecule has 2 aliphatic rings. The molecule has 2 heteroatoms. The third-order valence-corrected chi connectivity index (χ3v) is 11.8. The first-order valence-electron chi connectivity index (χ1n) is 18.8. The number of hydrogen-bond donors (Lipinski definition) is 0. The van der Waals surface area contributed by atoms with Gasteiger partial charge in [-0.2, -0.15) is 0 Å². The molecule has 2 aromatic heterocycles. The molecule has 1 unspecified atom stereocenters. The van der Waals surface area contributed by atoms with E-state index in [4.69, 9.17) is 6.58 Å². The molecule has 0 radical (unpaired) electrons. The molecule has 0 aliphatic heterocycles. The molecule has 0 saturated heterocycles. The van der Waals surface area contributed by atoms with E-state index in [9.17, 15) is 0 Å². The van der Waals surface area contributed by atoms with Gasteiger partial charge in [-0.15, -0.1) is 0 Å². The normalized spacial score (nSPS) is 17.2. The van der Waals surface area contributed by atoms with Gasteiger partial charge >= 0.3 is 0 Å². The molecule has 9 aromatic rings. The van der Waals surface area contributed by atoms with E-state index in [2.05, 4.69) is 203 Å². The van der Waals surface area contributed by atoms with Gasteiger partial charge in [0.2, 0.25) is 0 Å². The number of fused-ring (bicyclic) bond motifs is 12. The zero-order chi connectivity index (χ0) is 35.8. The van der Waals surface area contributed by atoms with Gasteiger partial charge in [0.15, 0.2) is 0 Å². The maximum Gasteiger partial charge on any atom is 0.0710 e. The van der Waals surface area contributed by atoms with Gasteiger partial charge in [-0.3, -0.25) is 0 Å². The Morgan fingerprint density at radius 3 is 2.13 bits per heavy atom. The summed E-state index contributed by atoms with van der Waals surface area (Å²) in [4.78, 5) is 0. The molecule has 2 heterocycles.